The largest absolute Gasteiger partial charge is 0.366 e. The summed E-state index contributed by atoms with van der Waals surface area (Å²) in [5.74, 6) is -0.0777. The third-order valence-electron chi connectivity index (χ3n) is 4.12. The summed E-state index contributed by atoms with van der Waals surface area (Å²) < 4.78 is 0. The van der Waals surface area contributed by atoms with E-state index in [1.807, 2.05) is 56.1 Å². The van der Waals surface area contributed by atoms with E-state index in [1.54, 1.807) is 17.3 Å². The van der Waals surface area contributed by atoms with E-state index < -0.39 is 0 Å². The number of rotatable bonds is 6. The first-order valence-corrected chi connectivity index (χ1v) is 9.15. The lowest BCUT2D eigenvalue weighted by atomic mass is 10.1. The number of carbonyl (C=O) groups excluding carboxylic acids is 1. The zero-order valence-electron chi connectivity index (χ0n) is 15.5. The minimum atomic E-state index is -0.0777. The number of hydrogen-bond acceptors (Lipinski definition) is 2. The van der Waals surface area contributed by atoms with E-state index in [0.29, 0.717) is 22.3 Å². The highest BCUT2D eigenvalue weighted by molar-refractivity contribution is 6.33. The van der Waals surface area contributed by atoms with Crippen LogP contribution in [0.15, 0.2) is 41.4 Å². The Bertz CT molecular complexity index is 821. The maximum atomic E-state index is 12.3. The molecule has 4 nitrogen and oxygen atoms in total. The van der Waals surface area contributed by atoms with Crippen molar-refractivity contribution >= 4 is 46.8 Å². The van der Waals surface area contributed by atoms with Gasteiger partial charge in [0.25, 0.3) is 0 Å². The van der Waals surface area contributed by atoms with Crippen LogP contribution >= 0.6 is 23.2 Å². The normalized spacial score (nSPS) is 11.0. The topological polar surface area (TPSA) is 35.9 Å². The number of benzene rings is 2. The van der Waals surface area contributed by atoms with Crippen molar-refractivity contribution in [2.75, 3.05) is 18.5 Å². The highest BCUT2D eigenvalue weighted by Gasteiger charge is 2.17. The van der Waals surface area contributed by atoms with E-state index in [9.17, 15) is 4.79 Å². The Balaban J connectivity index is 2.38. The van der Waals surface area contributed by atoms with E-state index in [1.165, 1.54) is 6.92 Å². The van der Waals surface area contributed by atoms with Crippen LogP contribution in [0.4, 0.5) is 11.4 Å². The Morgan fingerprint density at radius 3 is 2.50 bits per heavy atom. The molecule has 1 amide bonds. The number of anilines is 1. The lowest BCUT2D eigenvalue weighted by molar-refractivity contribution is -0.116. The van der Waals surface area contributed by atoms with Gasteiger partial charge in [0.15, 0.2) is 0 Å². The molecule has 26 heavy (non-hydrogen) atoms. The molecule has 0 saturated carbocycles. The Labute approximate surface area is 165 Å². The van der Waals surface area contributed by atoms with Crippen LogP contribution in [0.2, 0.25) is 10.0 Å². The molecule has 0 saturated heterocycles. The molecule has 0 N–H and O–H groups in total. The molecule has 2 aromatic carbocycles. The Hall–Kier alpha value is -2.04. The van der Waals surface area contributed by atoms with Crippen molar-refractivity contribution in [3.8, 4) is 0 Å². The van der Waals surface area contributed by atoms with Gasteiger partial charge in [0.2, 0.25) is 5.91 Å². The molecule has 0 aliphatic carbocycles. The molecule has 0 atom stereocenters. The van der Waals surface area contributed by atoms with E-state index in [4.69, 9.17) is 23.2 Å². The van der Waals surface area contributed by atoms with Gasteiger partial charge >= 0.3 is 0 Å². The predicted octanol–water partition coefficient (Wildman–Crippen LogP) is 5.47. The molecule has 0 aromatic heterocycles. The van der Waals surface area contributed by atoms with Crippen LogP contribution in [-0.4, -0.2) is 30.7 Å². The second-order valence-corrected chi connectivity index (χ2v) is 6.92. The first-order chi connectivity index (χ1) is 12.3. The number of amides is 1. The number of hydrogen-bond donors (Lipinski definition) is 0. The minimum absolute atomic E-state index is 0.0777. The molecule has 0 fully saturated rings. The maximum absolute atomic E-state index is 12.3. The molecule has 0 aliphatic heterocycles. The highest BCUT2D eigenvalue weighted by Crippen LogP contribution is 2.34. The molecule has 138 valence electrons. The fourth-order valence-corrected chi connectivity index (χ4v) is 2.85. The van der Waals surface area contributed by atoms with Crippen molar-refractivity contribution in [2.24, 2.45) is 4.99 Å². The van der Waals surface area contributed by atoms with Crippen LogP contribution in [0, 0.1) is 6.92 Å². The first kappa shape index (κ1) is 20.3. The fraction of sp³-hybridized carbons (Fsp3) is 0.300. The van der Waals surface area contributed by atoms with Crippen molar-refractivity contribution in [2.45, 2.75) is 27.3 Å². The monoisotopic (exact) mass is 391 g/mol. The SMILES string of the molecule is CCN(C)/C=N/c1cc(C)c(N(Cc2ccccc2Cl)C(C)=O)cc1Cl. The molecule has 0 unspecified atom stereocenters. The molecular weight excluding hydrogens is 369 g/mol. The Morgan fingerprint density at radius 2 is 1.88 bits per heavy atom. The third-order valence-corrected chi connectivity index (χ3v) is 4.79. The van der Waals surface area contributed by atoms with Crippen LogP contribution in [0.25, 0.3) is 0 Å². The van der Waals surface area contributed by atoms with Gasteiger partial charge in [-0.05, 0) is 43.2 Å². The van der Waals surface area contributed by atoms with Crippen molar-refractivity contribution in [3.05, 3.63) is 57.6 Å². The van der Waals surface area contributed by atoms with Gasteiger partial charge in [-0.25, -0.2) is 4.99 Å². The maximum Gasteiger partial charge on any atom is 0.224 e. The molecule has 0 aliphatic rings. The van der Waals surface area contributed by atoms with Gasteiger partial charge in [0, 0.05) is 31.2 Å². The van der Waals surface area contributed by atoms with Crippen molar-refractivity contribution in [1.82, 2.24) is 4.90 Å². The van der Waals surface area contributed by atoms with Crippen molar-refractivity contribution in [3.63, 3.8) is 0 Å². The second kappa shape index (κ2) is 9.06. The molecule has 0 bridgehead atoms. The van der Waals surface area contributed by atoms with Gasteiger partial charge in [-0.3, -0.25) is 4.79 Å². The quantitative estimate of drug-likeness (QED) is 0.483. The molecule has 2 rings (SSSR count). The van der Waals surface area contributed by atoms with E-state index in [0.717, 1.165) is 23.4 Å². The number of halogens is 2. The molecular formula is C20H23Cl2N3O. The van der Waals surface area contributed by atoms with Gasteiger partial charge in [0.05, 0.1) is 23.6 Å². The number of aryl methyl sites for hydroxylation is 1. The minimum Gasteiger partial charge on any atom is -0.366 e. The summed E-state index contributed by atoms with van der Waals surface area (Å²) in [6, 6.07) is 11.2. The van der Waals surface area contributed by atoms with E-state index in [2.05, 4.69) is 4.99 Å². The lowest BCUT2D eigenvalue weighted by Gasteiger charge is -2.24. The fourth-order valence-electron chi connectivity index (χ4n) is 2.45. The van der Waals surface area contributed by atoms with Crippen molar-refractivity contribution < 1.29 is 4.79 Å². The Kier molecular flexibility index (Phi) is 7.06. The molecule has 0 heterocycles. The first-order valence-electron chi connectivity index (χ1n) is 8.39. The average Bonchev–Trinajstić information content (AvgIpc) is 2.61. The zero-order chi connectivity index (χ0) is 19.3. The van der Waals surface area contributed by atoms with Crippen LogP contribution < -0.4 is 4.90 Å². The highest BCUT2D eigenvalue weighted by atomic mass is 35.5. The number of carbonyl (C=O) groups is 1. The Morgan fingerprint density at radius 1 is 1.19 bits per heavy atom. The summed E-state index contributed by atoms with van der Waals surface area (Å²) in [6.07, 6.45) is 1.74. The number of aliphatic imine (C=N–C) groups is 1. The molecule has 2 aromatic rings. The lowest BCUT2D eigenvalue weighted by Crippen LogP contribution is -2.28. The predicted molar refractivity (Wildman–Crippen MR) is 111 cm³/mol. The van der Waals surface area contributed by atoms with Gasteiger partial charge in [-0.2, -0.15) is 0 Å². The average molecular weight is 392 g/mol. The van der Waals surface area contributed by atoms with Crippen molar-refractivity contribution in [1.29, 1.82) is 0 Å². The summed E-state index contributed by atoms with van der Waals surface area (Å²) in [6.45, 7) is 6.76. The van der Waals surface area contributed by atoms with Gasteiger partial charge in [-0.15, -0.1) is 0 Å². The summed E-state index contributed by atoms with van der Waals surface area (Å²) >= 11 is 12.7. The number of nitrogens with zero attached hydrogens (tertiary/aromatic N) is 3. The van der Waals surface area contributed by atoms with E-state index >= 15 is 0 Å². The van der Waals surface area contributed by atoms with E-state index in [-0.39, 0.29) is 5.91 Å². The molecule has 6 heteroatoms. The summed E-state index contributed by atoms with van der Waals surface area (Å²) in [4.78, 5) is 20.3. The summed E-state index contributed by atoms with van der Waals surface area (Å²) in [5, 5.41) is 1.13. The molecule has 0 radical (unpaired) electrons. The van der Waals surface area contributed by atoms with Crippen LogP contribution in [0.1, 0.15) is 25.0 Å². The summed E-state index contributed by atoms with van der Waals surface area (Å²) in [7, 11) is 1.94. The zero-order valence-corrected chi connectivity index (χ0v) is 17.0. The van der Waals surface area contributed by atoms with Crippen LogP contribution in [-0.2, 0) is 11.3 Å². The second-order valence-electron chi connectivity index (χ2n) is 6.10. The van der Waals surface area contributed by atoms with Gasteiger partial charge < -0.3 is 9.80 Å². The summed E-state index contributed by atoms with van der Waals surface area (Å²) in [5.41, 5.74) is 3.23. The molecule has 0 spiro atoms. The standard InChI is InChI=1S/C20H23Cl2N3O/c1-5-24(4)13-23-19-10-14(2)20(11-18(19)22)25(15(3)26)12-16-8-6-7-9-17(16)21/h6-11,13H,5,12H2,1-4H3/b23-13+. The van der Waals surface area contributed by atoms with Gasteiger partial charge in [-0.1, -0.05) is 41.4 Å². The smallest absolute Gasteiger partial charge is 0.224 e. The van der Waals surface area contributed by atoms with Crippen LogP contribution in [0.3, 0.4) is 0 Å². The third kappa shape index (κ3) is 4.99. The van der Waals surface area contributed by atoms with Crippen LogP contribution in [0.5, 0.6) is 0 Å². The van der Waals surface area contributed by atoms with Gasteiger partial charge in [0.1, 0.15) is 0 Å².